The Kier molecular flexibility index (Phi) is 9.82. The van der Waals surface area contributed by atoms with Crippen LogP contribution in [-0.2, 0) is 27.7 Å². The third-order valence-electron chi connectivity index (χ3n) is 6.89. The summed E-state index contributed by atoms with van der Waals surface area (Å²) in [6, 6.07) is 0. The van der Waals surface area contributed by atoms with Crippen molar-refractivity contribution in [1.29, 1.82) is 0 Å². The molecule has 6 rings (SSSR count). The minimum absolute atomic E-state index is 0.0460. The Bertz CT molecular complexity index is 1790. The Morgan fingerprint density at radius 1 is 1.02 bits per heavy atom. The predicted molar refractivity (Wildman–Crippen MR) is 150 cm³/mol. The van der Waals surface area contributed by atoms with Gasteiger partial charge in [-0.1, -0.05) is 12.2 Å². The first kappa shape index (κ1) is 33.2. The van der Waals surface area contributed by atoms with Gasteiger partial charge in [-0.05, 0) is 0 Å². The highest BCUT2D eigenvalue weighted by Crippen LogP contribution is 2.50. The van der Waals surface area contributed by atoms with Crippen molar-refractivity contribution in [2.45, 2.75) is 49.1 Å². The number of anilines is 2. The molecule has 6 heterocycles. The number of phosphoric ester groups is 1. The number of nitrogens with zero attached hydrogens (tertiary/aromatic N) is 7. The minimum atomic E-state index is -5.01. The second-order valence-corrected chi connectivity index (χ2v) is 11.5. The highest BCUT2D eigenvalue weighted by atomic mass is 32.1. The van der Waals surface area contributed by atoms with Gasteiger partial charge in [-0.3, -0.25) is 18.2 Å². The van der Waals surface area contributed by atoms with Gasteiger partial charge in [0, 0.05) is 0 Å². The van der Waals surface area contributed by atoms with Gasteiger partial charge in [0.15, 0.2) is 34.5 Å². The first-order chi connectivity index (χ1) is 21.4. The van der Waals surface area contributed by atoms with E-state index in [2.05, 4.69) is 29.9 Å². The molecule has 0 radical (unpaired) electrons. The molecule has 2 aliphatic rings. The van der Waals surface area contributed by atoms with Crippen LogP contribution in [0.25, 0.3) is 22.3 Å². The van der Waals surface area contributed by atoms with Crippen LogP contribution >= 0.6 is 28.7 Å². The lowest BCUT2D eigenvalue weighted by atomic mass is 10.1. The summed E-state index contributed by atoms with van der Waals surface area (Å²) in [5.41, 5.74) is 12.5. The van der Waals surface area contributed by atoms with Crippen LogP contribution in [0.2, 0.25) is 0 Å². The Morgan fingerprint density at radius 3 is 2.40 bits per heavy atom. The maximum absolute atomic E-state index is 13.0. The van der Waals surface area contributed by atoms with E-state index >= 15 is 0 Å². The lowest BCUT2D eigenvalue weighted by Crippen LogP contribution is -2.36. The zero-order valence-corrected chi connectivity index (χ0v) is 25.1. The number of imidazole rings is 2. The van der Waals surface area contributed by atoms with E-state index in [1.165, 1.54) is 28.1 Å². The number of aliphatic hydroxyl groups is 4. The Balaban J connectivity index is 0.00000128. The number of rotatable bonds is 8. The Morgan fingerprint density at radius 2 is 1.69 bits per heavy atom. The molecule has 2 fully saturated rings. The van der Waals surface area contributed by atoms with Gasteiger partial charge >= 0.3 is 16.5 Å². The third-order valence-corrected chi connectivity index (χ3v) is 8.16. The number of ether oxygens (including phenoxy) is 2. The van der Waals surface area contributed by atoms with Crippen LogP contribution in [-0.4, -0.2) is 119 Å². The molecular formula is C20H26N10O12P2S. The number of hydrogen-bond acceptors (Lipinski definition) is 18. The van der Waals surface area contributed by atoms with E-state index in [4.69, 9.17) is 51.7 Å². The normalized spacial score (nSPS) is 29.6. The second kappa shape index (κ2) is 13.3. The number of nitrogens with one attached hydrogen (secondary N) is 1. The van der Waals surface area contributed by atoms with Crippen molar-refractivity contribution in [3.8, 4) is 0 Å². The van der Waals surface area contributed by atoms with E-state index in [1.54, 1.807) is 0 Å². The molecule has 11 N–H and O–H groups in total. The summed E-state index contributed by atoms with van der Waals surface area (Å²) in [6.07, 6.45) is -7.50. The van der Waals surface area contributed by atoms with Gasteiger partial charge in [0.2, 0.25) is 0 Å². The van der Waals surface area contributed by atoms with Crippen LogP contribution in [0.5, 0.6) is 0 Å². The van der Waals surface area contributed by atoms with Crippen molar-refractivity contribution < 1.29 is 57.9 Å². The number of phosphoric acid groups is 1. The number of aliphatic hydroxyl groups excluding tert-OH is 4. The van der Waals surface area contributed by atoms with Crippen molar-refractivity contribution in [2.24, 2.45) is 0 Å². The summed E-state index contributed by atoms with van der Waals surface area (Å²) in [5.74, 6) is 0.0477. The fourth-order valence-electron chi connectivity index (χ4n) is 4.86. The van der Waals surface area contributed by atoms with E-state index in [0.717, 1.165) is 0 Å². The number of aromatic nitrogens is 8. The van der Waals surface area contributed by atoms with Crippen LogP contribution in [0.1, 0.15) is 12.5 Å². The van der Waals surface area contributed by atoms with Gasteiger partial charge in [0.05, 0.1) is 25.9 Å². The second-order valence-electron chi connectivity index (χ2n) is 9.56. The molecule has 9 atom stereocenters. The van der Waals surface area contributed by atoms with Crippen LogP contribution in [0.3, 0.4) is 0 Å². The summed E-state index contributed by atoms with van der Waals surface area (Å²) in [6.45, 7) is -1.37. The van der Waals surface area contributed by atoms with Gasteiger partial charge in [-0.2, -0.15) is 0 Å². The summed E-state index contributed by atoms with van der Waals surface area (Å²) in [5, 5.41) is 41.6. The molecule has 0 bridgehead atoms. The SMILES string of the molecule is Nc1nc(=S)c2ncn([C@@H]3O[C@H](CO)[C@@H](O)[C@H]3OP(=O)(O)OC[C@H]3O[C@@H](n4cnc5c(N)ncnc54)[C@H](O)[C@@H]3O)c2[nH]1.O=PO. The Hall–Kier alpha value is -3.15. The van der Waals surface area contributed by atoms with Crippen LogP contribution < -0.4 is 11.5 Å². The van der Waals surface area contributed by atoms with Gasteiger partial charge in [0.1, 0.15) is 59.6 Å². The molecule has 4 aromatic heterocycles. The lowest BCUT2D eigenvalue weighted by molar-refractivity contribution is -0.0615. The van der Waals surface area contributed by atoms with Gasteiger partial charge < -0.3 is 56.1 Å². The van der Waals surface area contributed by atoms with Crippen molar-refractivity contribution in [3.63, 3.8) is 0 Å². The smallest absolute Gasteiger partial charge is 0.394 e. The molecule has 25 heteroatoms. The first-order valence-electron chi connectivity index (χ1n) is 12.6. The van der Waals surface area contributed by atoms with Gasteiger partial charge in [-0.15, -0.1) is 0 Å². The summed E-state index contributed by atoms with van der Waals surface area (Å²) < 4.78 is 46.0. The molecule has 244 valence electrons. The van der Waals surface area contributed by atoms with Gasteiger partial charge in [0.25, 0.3) is 0 Å². The zero-order valence-electron chi connectivity index (χ0n) is 22.5. The van der Waals surface area contributed by atoms with Crippen molar-refractivity contribution in [2.75, 3.05) is 24.7 Å². The highest BCUT2D eigenvalue weighted by molar-refractivity contribution is 7.71. The molecular weight excluding hydrogens is 666 g/mol. The van der Waals surface area contributed by atoms with E-state index < -0.39 is 78.8 Å². The topological polar surface area (TPSA) is 335 Å². The average molecular weight is 693 g/mol. The monoisotopic (exact) mass is 692 g/mol. The van der Waals surface area contributed by atoms with Crippen molar-refractivity contribution >= 4 is 62.8 Å². The fourth-order valence-corrected chi connectivity index (χ4v) is 6.04. The third kappa shape index (κ3) is 6.44. The highest BCUT2D eigenvalue weighted by Gasteiger charge is 2.50. The van der Waals surface area contributed by atoms with E-state index in [0.29, 0.717) is 0 Å². The van der Waals surface area contributed by atoms with E-state index in [1.807, 2.05) is 0 Å². The number of aromatic amines is 1. The maximum atomic E-state index is 13.0. The Labute approximate surface area is 257 Å². The lowest BCUT2D eigenvalue weighted by Gasteiger charge is -2.25. The quantitative estimate of drug-likeness (QED) is 0.0715. The molecule has 45 heavy (non-hydrogen) atoms. The summed E-state index contributed by atoms with van der Waals surface area (Å²) >= 11 is 5.16. The number of fused-ring (bicyclic) bond motifs is 2. The standard InChI is InChI=1S/C20H25N10O10PS.HO2P/c21-14-8-15(24-3-23-14)29(4-25-8)18-12(34)10(32)7(39-18)2-37-41(35,36)40-13-11(33)6(1-31)38-19(13)30-5-26-9-16(30)27-20(22)28-17(9)42;1-3-2/h3-7,10-13,18-19,31-34H,1-2H2,(H,35,36)(H2,21,23,24)(H3,22,27,28,42);(H,1,2)/t6-,7-,10-,11-,12-,13-,18-,19-;/m1./s1. The number of hydrogen-bond donors (Lipinski definition) is 9. The van der Waals surface area contributed by atoms with E-state index in [-0.39, 0.29) is 38.7 Å². The zero-order chi connectivity index (χ0) is 32.6. The van der Waals surface area contributed by atoms with Crippen LogP contribution in [0.15, 0.2) is 19.0 Å². The average Bonchev–Trinajstić information content (AvgIpc) is 3.74. The van der Waals surface area contributed by atoms with Crippen LogP contribution in [0, 0.1) is 4.64 Å². The molecule has 22 nitrogen and oxygen atoms in total. The molecule has 2 aliphatic heterocycles. The molecule has 0 saturated carbocycles. The van der Waals surface area contributed by atoms with Crippen LogP contribution in [0.4, 0.5) is 11.8 Å². The number of nitrogens with two attached hydrogens (primary N) is 2. The molecule has 0 aromatic carbocycles. The number of H-pyrrole nitrogens is 1. The van der Waals surface area contributed by atoms with Crippen molar-refractivity contribution in [1.82, 2.24) is 39.0 Å². The van der Waals surface area contributed by atoms with Crippen molar-refractivity contribution in [3.05, 3.63) is 23.6 Å². The fraction of sp³-hybridized carbons (Fsp3) is 0.500. The number of nitrogen functional groups attached to an aromatic ring is 2. The molecule has 0 aliphatic carbocycles. The molecule has 2 saturated heterocycles. The molecule has 1 unspecified atom stereocenters. The first-order valence-corrected chi connectivity index (χ1v) is 15.3. The molecule has 0 amide bonds. The summed E-state index contributed by atoms with van der Waals surface area (Å²) in [7, 11) is -5.84. The minimum Gasteiger partial charge on any atom is -0.394 e. The van der Waals surface area contributed by atoms with E-state index in [9.17, 15) is 29.9 Å². The largest absolute Gasteiger partial charge is 0.472 e. The molecule has 0 spiro atoms. The molecule has 4 aromatic rings. The van der Waals surface area contributed by atoms with Gasteiger partial charge in [-0.25, -0.2) is 34.0 Å². The predicted octanol–water partition coefficient (Wildman–Crippen LogP) is -1.95. The maximum Gasteiger partial charge on any atom is 0.472 e. The summed E-state index contributed by atoms with van der Waals surface area (Å²) in [4.78, 5) is 40.4.